The quantitative estimate of drug-likeness (QED) is 0.747. The van der Waals surface area contributed by atoms with Crippen molar-refractivity contribution in [3.05, 3.63) is 54.4 Å². The third kappa shape index (κ3) is 1.84. The second-order valence-corrected chi connectivity index (χ2v) is 4.00. The van der Waals surface area contributed by atoms with Gasteiger partial charge in [-0.15, -0.1) is 0 Å². The molecule has 0 spiro atoms. The summed E-state index contributed by atoms with van der Waals surface area (Å²) in [5.41, 5.74) is 7.93. The smallest absolute Gasteiger partial charge is 0.233 e. The van der Waals surface area contributed by atoms with E-state index in [4.69, 9.17) is 5.73 Å². The summed E-state index contributed by atoms with van der Waals surface area (Å²) in [6.07, 6.45) is 5.37. The van der Waals surface area contributed by atoms with E-state index in [1.54, 1.807) is 16.7 Å². The molecule has 0 saturated carbocycles. The number of hydrogen-bond acceptors (Lipinski definition) is 3. The van der Waals surface area contributed by atoms with Gasteiger partial charge in [0.25, 0.3) is 0 Å². The van der Waals surface area contributed by atoms with Crippen molar-refractivity contribution in [3.8, 4) is 11.1 Å². The Hall–Kier alpha value is -2.27. The summed E-state index contributed by atoms with van der Waals surface area (Å²) < 4.78 is 15.0. The van der Waals surface area contributed by atoms with Gasteiger partial charge in [0.15, 0.2) is 0 Å². The van der Waals surface area contributed by atoms with Crippen LogP contribution in [0.3, 0.4) is 0 Å². The van der Waals surface area contributed by atoms with E-state index < -0.39 is 0 Å². The molecule has 1 aromatic carbocycles. The van der Waals surface area contributed by atoms with Crippen LogP contribution in [0, 0.1) is 5.82 Å². The predicted molar refractivity (Wildman–Crippen MR) is 66.3 cm³/mol. The minimum Gasteiger partial charge on any atom is -0.325 e. The molecule has 0 amide bonds. The number of aromatic nitrogens is 3. The Morgan fingerprint density at radius 1 is 1.22 bits per heavy atom. The maximum atomic E-state index is 13.2. The molecule has 0 fully saturated rings. The van der Waals surface area contributed by atoms with Crippen LogP contribution in [0.2, 0.25) is 0 Å². The molecule has 3 rings (SSSR count). The van der Waals surface area contributed by atoms with Crippen molar-refractivity contribution in [2.75, 3.05) is 0 Å². The van der Waals surface area contributed by atoms with Crippen molar-refractivity contribution >= 4 is 5.78 Å². The van der Waals surface area contributed by atoms with Gasteiger partial charge in [0.2, 0.25) is 5.78 Å². The third-order valence-corrected chi connectivity index (χ3v) is 2.73. The van der Waals surface area contributed by atoms with Crippen LogP contribution in [0.25, 0.3) is 16.9 Å². The molecule has 0 atom stereocenters. The molecule has 2 N–H and O–H groups in total. The monoisotopic (exact) mass is 242 g/mol. The molecule has 0 unspecified atom stereocenters. The standard InChI is InChI=1S/C13H11FN4/c14-11-3-1-2-9(4-11)10-6-16-13-17-12(5-15)8-18(13)7-10/h1-4,6-8H,5,15H2. The average molecular weight is 242 g/mol. The fraction of sp³-hybridized carbons (Fsp3) is 0.0769. The Kier molecular flexibility index (Phi) is 2.53. The Bertz CT molecular complexity index is 705. The molecule has 4 nitrogen and oxygen atoms in total. The molecule has 2 aromatic heterocycles. The fourth-order valence-electron chi connectivity index (χ4n) is 1.85. The SMILES string of the molecule is NCc1cn2cc(-c3cccc(F)c3)cnc2n1. The molecule has 2 heterocycles. The molecule has 3 aromatic rings. The molecule has 0 bridgehead atoms. The van der Waals surface area contributed by atoms with E-state index in [0.29, 0.717) is 12.3 Å². The van der Waals surface area contributed by atoms with Crippen LogP contribution in [0.15, 0.2) is 42.9 Å². The lowest BCUT2D eigenvalue weighted by molar-refractivity contribution is 0.628. The number of rotatable bonds is 2. The first-order chi connectivity index (χ1) is 8.76. The van der Waals surface area contributed by atoms with Gasteiger partial charge in [-0.2, -0.15) is 0 Å². The topological polar surface area (TPSA) is 56.2 Å². The molecule has 5 heteroatoms. The highest BCUT2D eigenvalue weighted by molar-refractivity contribution is 5.62. The second-order valence-electron chi connectivity index (χ2n) is 4.00. The Labute approximate surface area is 103 Å². The number of hydrogen-bond donors (Lipinski definition) is 1. The summed E-state index contributed by atoms with van der Waals surface area (Å²) in [6.45, 7) is 0.374. The molecule has 0 radical (unpaired) electrons. The first-order valence-electron chi connectivity index (χ1n) is 5.56. The van der Waals surface area contributed by atoms with Crippen molar-refractivity contribution < 1.29 is 4.39 Å². The number of nitrogens with zero attached hydrogens (tertiary/aromatic N) is 3. The lowest BCUT2D eigenvalue weighted by Gasteiger charge is -2.01. The van der Waals surface area contributed by atoms with Gasteiger partial charge in [-0.05, 0) is 17.7 Å². The van der Waals surface area contributed by atoms with E-state index in [2.05, 4.69) is 9.97 Å². The molecular formula is C13H11FN4. The third-order valence-electron chi connectivity index (χ3n) is 2.73. The van der Waals surface area contributed by atoms with Crippen molar-refractivity contribution in [2.24, 2.45) is 5.73 Å². The maximum absolute atomic E-state index is 13.2. The van der Waals surface area contributed by atoms with E-state index in [9.17, 15) is 4.39 Å². The number of nitrogens with two attached hydrogens (primary N) is 1. The molecule has 0 aliphatic carbocycles. The lowest BCUT2D eigenvalue weighted by Crippen LogP contribution is -1.95. The van der Waals surface area contributed by atoms with Crippen LogP contribution in [0.1, 0.15) is 5.69 Å². The summed E-state index contributed by atoms with van der Waals surface area (Å²) >= 11 is 0. The van der Waals surface area contributed by atoms with Crippen LogP contribution in [-0.4, -0.2) is 14.4 Å². The van der Waals surface area contributed by atoms with E-state index in [1.807, 2.05) is 18.5 Å². The predicted octanol–water partition coefficient (Wildman–Crippen LogP) is 1.99. The van der Waals surface area contributed by atoms with E-state index >= 15 is 0 Å². The van der Waals surface area contributed by atoms with E-state index in [1.165, 1.54) is 12.1 Å². The molecular weight excluding hydrogens is 231 g/mol. The maximum Gasteiger partial charge on any atom is 0.233 e. The highest BCUT2D eigenvalue weighted by atomic mass is 19.1. The summed E-state index contributed by atoms with van der Waals surface area (Å²) in [6, 6.07) is 6.41. The van der Waals surface area contributed by atoms with Crippen molar-refractivity contribution in [2.45, 2.75) is 6.54 Å². The van der Waals surface area contributed by atoms with Gasteiger partial charge in [-0.3, -0.25) is 4.40 Å². The summed E-state index contributed by atoms with van der Waals surface area (Å²) in [5, 5.41) is 0. The van der Waals surface area contributed by atoms with Gasteiger partial charge in [0.05, 0.1) is 5.69 Å². The molecule has 0 aliphatic heterocycles. The van der Waals surface area contributed by atoms with Gasteiger partial charge in [-0.25, -0.2) is 14.4 Å². The second kappa shape index (κ2) is 4.19. The summed E-state index contributed by atoms with van der Waals surface area (Å²) in [7, 11) is 0. The minimum atomic E-state index is -0.263. The first kappa shape index (κ1) is 10.9. The molecule has 0 saturated heterocycles. The van der Waals surface area contributed by atoms with Crippen LogP contribution in [0.5, 0.6) is 0 Å². The van der Waals surface area contributed by atoms with Crippen LogP contribution >= 0.6 is 0 Å². The Morgan fingerprint density at radius 2 is 2.11 bits per heavy atom. The van der Waals surface area contributed by atoms with Gasteiger partial charge >= 0.3 is 0 Å². The van der Waals surface area contributed by atoms with Crippen molar-refractivity contribution in [1.82, 2.24) is 14.4 Å². The van der Waals surface area contributed by atoms with Crippen molar-refractivity contribution in [1.29, 1.82) is 0 Å². The highest BCUT2D eigenvalue weighted by Gasteiger charge is 2.04. The Morgan fingerprint density at radius 3 is 2.89 bits per heavy atom. The zero-order chi connectivity index (χ0) is 12.5. The van der Waals surface area contributed by atoms with E-state index in [0.717, 1.165) is 16.8 Å². The van der Waals surface area contributed by atoms with Crippen molar-refractivity contribution in [3.63, 3.8) is 0 Å². The van der Waals surface area contributed by atoms with Gasteiger partial charge in [-0.1, -0.05) is 12.1 Å². The minimum absolute atomic E-state index is 0.263. The zero-order valence-electron chi connectivity index (χ0n) is 9.55. The van der Waals surface area contributed by atoms with E-state index in [-0.39, 0.29) is 5.82 Å². The van der Waals surface area contributed by atoms with Crippen LogP contribution in [0.4, 0.5) is 4.39 Å². The van der Waals surface area contributed by atoms with Crippen LogP contribution in [-0.2, 0) is 6.54 Å². The summed E-state index contributed by atoms with van der Waals surface area (Å²) in [4.78, 5) is 8.47. The molecule has 18 heavy (non-hydrogen) atoms. The first-order valence-corrected chi connectivity index (χ1v) is 5.56. The lowest BCUT2D eigenvalue weighted by atomic mass is 10.1. The zero-order valence-corrected chi connectivity index (χ0v) is 9.55. The summed E-state index contributed by atoms with van der Waals surface area (Å²) in [5.74, 6) is 0.330. The molecule has 90 valence electrons. The number of halogens is 1. The van der Waals surface area contributed by atoms with Gasteiger partial charge < -0.3 is 5.73 Å². The highest BCUT2D eigenvalue weighted by Crippen LogP contribution is 2.19. The number of fused-ring (bicyclic) bond motifs is 1. The Balaban J connectivity index is 2.12. The van der Waals surface area contributed by atoms with Gasteiger partial charge in [0.1, 0.15) is 5.82 Å². The fourth-order valence-corrected chi connectivity index (χ4v) is 1.85. The number of imidazole rings is 1. The largest absolute Gasteiger partial charge is 0.325 e. The normalized spacial score (nSPS) is 11.0. The van der Waals surface area contributed by atoms with Gasteiger partial charge in [0, 0.05) is 30.7 Å². The molecule has 0 aliphatic rings. The average Bonchev–Trinajstić information content (AvgIpc) is 2.80. The van der Waals surface area contributed by atoms with Crippen LogP contribution < -0.4 is 5.73 Å². The number of benzene rings is 1.